The molecule has 0 aromatic heterocycles. The van der Waals surface area contributed by atoms with Crippen LogP contribution in [0.2, 0.25) is 0 Å². The summed E-state index contributed by atoms with van der Waals surface area (Å²) >= 11 is 1.82. The van der Waals surface area contributed by atoms with Crippen molar-refractivity contribution < 1.29 is 4.74 Å². The van der Waals surface area contributed by atoms with Crippen LogP contribution in [0.5, 0.6) is 5.75 Å². The van der Waals surface area contributed by atoms with Crippen molar-refractivity contribution >= 4 is 11.8 Å². The fourth-order valence-corrected chi connectivity index (χ4v) is 5.08. The van der Waals surface area contributed by atoms with Crippen molar-refractivity contribution in [1.29, 1.82) is 0 Å². The zero-order valence-corrected chi connectivity index (χ0v) is 16.5. The highest BCUT2D eigenvalue weighted by Crippen LogP contribution is 2.41. The Balaban J connectivity index is 1.66. The van der Waals surface area contributed by atoms with Crippen LogP contribution in [-0.2, 0) is 12.8 Å². The van der Waals surface area contributed by atoms with E-state index in [2.05, 4.69) is 55.6 Å². The van der Waals surface area contributed by atoms with Gasteiger partial charge in [-0.1, -0.05) is 30.3 Å². The first-order valence-electron chi connectivity index (χ1n) is 9.58. The highest BCUT2D eigenvalue weighted by Gasteiger charge is 2.33. The van der Waals surface area contributed by atoms with E-state index in [-0.39, 0.29) is 12.1 Å². The van der Waals surface area contributed by atoms with Crippen molar-refractivity contribution in [1.82, 2.24) is 5.01 Å². The third-order valence-electron chi connectivity index (χ3n) is 5.70. The van der Waals surface area contributed by atoms with Gasteiger partial charge in [-0.15, -0.1) is 11.8 Å². The SMILES string of the molecule is CSc1cc2c(c(C[C@@H]3CCCN(N)[C@@H]3c3ccccc3)c1)OC(C)C2. The molecule has 1 unspecified atom stereocenters. The lowest BCUT2D eigenvalue weighted by Crippen LogP contribution is -2.44. The van der Waals surface area contributed by atoms with E-state index in [1.165, 1.54) is 28.0 Å². The van der Waals surface area contributed by atoms with Gasteiger partial charge in [0.15, 0.2) is 0 Å². The Morgan fingerprint density at radius 1 is 1.23 bits per heavy atom. The van der Waals surface area contributed by atoms with Crippen molar-refractivity contribution in [3.8, 4) is 5.75 Å². The van der Waals surface area contributed by atoms with Crippen molar-refractivity contribution in [3.05, 3.63) is 59.2 Å². The Bertz CT molecular complexity index is 764. The van der Waals surface area contributed by atoms with E-state index in [1.807, 2.05) is 16.8 Å². The predicted octanol–water partition coefficient (Wildman–Crippen LogP) is 4.60. The van der Waals surface area contributed by atoms with Crippen molar-refractivity contribution in [2.24, 2.45) is 11.8 Å². The molecule has 4 rings (SSSR count). The first-order chi connectivity index (χ1) is 12.7. The van der Waals surface area contributed by atoms with Gasteiger partial charge in [0.05, 0.1) is 6.04 Å². The molecule has 0 amide bonds. The predicted molar refractivity (Wildman–Crippen MR) is 109 cm³/mol. The highest BCUT2D eigenvalue weighted by molar-refractivity contribution is 7.98. The second-order valence-electron chi connectivity index (χ2n) is 7.61. The van der Waals surface area contributed by atoms with Crippen molar-refractivity contribution in [3.63, 3.8) is 0 Å². The molecule has 2 N–H and O–H groups in total. The summed E-state index contributed by atoms with van der Waals surface area (Å²) in [6.07, 6.45) is 6.85. The highest BCUT2D eigenvalue weighted by atomic mass is 32.2. The monoisotopic (exact) mass is 368 g/mol. The number of fused-ring (bicyclic) bond motifs is 1. The summed E-state index contributed by atoms with van der Waals surface area (Å²) in [4.78, 5) is 1.34. The average molecular weight is 369 g/mol. The molecule has 1 fully saturated rings. The molecule has 2 heterocycles. The molecule has 0 spiro atoms. The number of benzene rings is 2. The molecule has 0 saturated carbocycles. The number of hydrogen-bond acceptors (Lipinski definition) is 4. The van der Waals surface area contributed by atoms with Gasteiger partial charge in [-0.25, -0.2) is 5.01 Å². The summed E-state index contributed by atoms with van der Waals surface area (Å²) < 4.78 is 6.19. The second-order valence-corrected chi connectivity index (χ2v) is 8.49. The van der Waals surface area contributed by atoms with Crippen LogP contribution in [0.25, 0.3) is 0 Å². The number of thioether (sulfide) groups is 1. The molecular weight excluding hydrogens is 340 g/mol. The Morgan fingerprint density at radius 2 is 2.04 bits per heavy atom. The summed E-state index contributed by atoms with van der Waals surface area (Å²) in [6, 6.07) is 15.6. The minimum absolute atomic E-state index is 0.275. The average Bonchev–Trinajstić information content (AvgIpc) is 3.03. The van der Waals surface area contributed by atoms with Crippen LogP contribution in [0.4, 0.5) is 0 Å². The molecule has 4 heteroatoms. The Morgan fingerprint density at radius 3 is 2.81 bits per heavy atom. The number of nitrogens with two attached hydrogens (primary N) is 1. The van der Waals surface area contributed by atoms with Crippen LogP contribution in [0, 0.1) is 5.92 Å². The number of hydrogen-bond donors (Lipinski definition) is 1. The lowest BCUT2D eigenvalue weighted by atomic mass is 9.81. The summed E-state index contributed by atoms with van der Waals surface area (Å²) in [6.45, 7) is 3.13. The van der Waals surface area contributed by atoms with Crippen LogP contribution in [-0.4, -0.2) is 23.9 Å². The van der Waals surface area contributed by atoms with E-state index >= 15 is 0 Å². The summed E-state index contributed by atoms with van der Waals surface area (Å²) in [5.74, 6) is 8.09. The Hall–Kier alpha value is -1.49. The zero-order valence-electron chi connectivity index (χ0n) is 15.7. The van der Waals surface area contributed by atoms with Crippen molar-refractivity contribution in [2.75, 3.05) is 12.8 Å². The van der Waals surface area contributed by atoms with Gasteiger partial charge in [0, 0.05) is 17.9 Å². The molecule has 2 aromatic carbocycles. The van der Waals surface area contributed by atoms with Crippen LogP contribution in [0.15, 0.2) is 47.4 Å². The van der Waals surface area contributed by atoms with Gasteiger partial charge in [-0.2, -0.15) is 0 Å². The molecule has 0 bridgehead atoms. The van der Waals surface area contributed by atoms with Gasteiger partial charge in [0.25, 0.3) is 0 Å². The topological polar surface area (TPSA) is 38.5 Å². The van der Waals surface area contributed by atoms with Gasteiger partial charge < -0.3 is 4.74 Å². The molecule has 1 saturated heterocycles. The normalized spacial score (nSPS) is 25.7. The number of piperidine rings is 1. The van der Waals surface area contributed by atoms with Crippen LogP contribution < -0.4 is 10.6 Å². The van der Waals surface area contributed by atoms with Gasteiger partial charge in [-0.05, 0) is 67.2 Å². The van der Waals surface area contributed by atoms with Gasteiger partial charge >= 0.3 is 0 Å². The maximum atomic E-state index is 6.44. The lowest BCUT2D eigenvalue weighted by molar-refractivity contribution is 0.0920. The number of nitrogens with zero attached hydrogens (tertiary/aromatic N) is 1. The molecular formula is C22H28N2OS. The van der Waals surface area contributed by atoms with Crippen LogP contribution in [0.3, 0.4) is 0 Å². The van der Waals surface area contributed by atoms with Gasteiger partial charge in [-0.3, -0.25) is 5.84 Å². The largest absolute Gasteiger partial charge is 0.490 e. The first-order valence-corrected chi connectivity index (χ1v) is 10.8. The summed E-state index contributed by atoms with van der Waals surface area (Å²) in [5, 5.41) is 2.05. The molecule has 138 valence electrons. The molecule has 2 aromatic rings. The number of hydrazine groups is 1. The Labute approximate surface area is 160 Å². The lowest BCUT2D eigenvalue weighted by Gasteiger charge is -2.39. The molecule has 3 nitrogen and oxygen atoms in total. The molecule has 26 heavy (non-hydrogen) atoms. The standard InChI is InChI=1S/C22H28N2OS/c1-15-11-18-13-20(26-2)14-19(22(18)25-15)12-17-9-6-10-24(23)21(17)16-7-4-3-5-8-16/h3-5,7-8,13-15,17,21H,6,9-12,23H2,1-2H3/t15?,17-,21+/m0/s1. The molecule has 0 aliphatic carbocycles. The zero-order chi connectivity index (χ0) is 18.1. The smallest absolute Gasteiger partial charge is 0.126 e. The van der Waals surface area contributed by atoms with E-state index in [1.54, 1.807) is 0 Å². The van der Waals surface area contributed by atoms with E-state index in [0.29, 0.717) is 5.92 Å². The fraction of sp³-hybridized carbons (Fsp3) is 0.455. The van der Waals surface area contributed by atoms with Crippen LogP contribution >= 0.6 is 11.8 Å². The van der Waals surface area contributed by atoms with E-state index < -0.39 is 0 Å². The third kappa shape index (κ3) is 3.51. The maximum Gasteiger partial charge on any atom is 0.126 e. The molecule has 3 atom stereocenters. The number of ether oxygens (including phenoxy) is 1. The van der Waals surface area contributed by atoms with E-state index in [4.69, 9.17) is 10.6 Å². The minimum Gasteiger partial charge on any atom is -0.490 e. The van der Waals surface area contributed by atoms with Crippen molar-refractivity contribution in [2.45, 2.75) is 49.6 Å². The molecule has 0 radical (unpaired) electrons. The molecule has 2 aliphatic rings. The first kappa shape index (κ1) is 17.9. The molecule has 2 aliphatic heterocycles. The van der Waals surface area contributed by atoms with Gasteiger partial charge in [0.1, 0.15) is 11.9 Å². The third-order valence-corrected chi connectivity index (χ3v) is 6.40. The van der Waals surface area contributed by atoms with E-state index in [9.17, 15) is 0 Å². The maximum absolute atomic E-state index is 6.44. The van der Waals surface area contributed by atoms with Crippen LogP contribution in [0.1, 0.15) is 42.5 Å². The number of rotatable bonds is 4. The van der Waals surface area contributed by atoms with Gasteiger partial charge in [0.2, 0.25) is 0 Å². The summed E-state index contributed by atoms with van der Waals surface area (Å²) in [5.41, 5.74) is 4.06. The minimum atomic E-state index is 0.275. The second kappa shape index (κ2) is 7.63. The summed E-state index contributed by atoms with van der Waals surface area (Å²) in [7, 11) is 0. The van der Waals surface area contributed by atoms with E-state index in [0.717, 1.165) is 31.6 Å². The fourth-order valence-electron chi connectivity index (χ4n) is 4.56. The quantitative estimate of drug-likeness (QED) is 0.632. The Kier molecular flexibility index (Phi) is 5.25.